The number of hydrogen-bond acceptors (Lipinski definition) is 2. The fourth-order valence-electron chi connectivity index (χ4n) is 3.43. The molecule has 1 fully saturated rings. The molecule has 0 bridgehead atoms. The third-order valence-corrected chi connectivity index (χ3v) is 4.77. The second-order valence-corrected chi connectivity index (χ2v) is 6.11. The van der Waals surface area contributed by atoms with Crippen LogP contribution in [0, 0.1) is 5.92 Å². The molecular weight excluding hydrogens is 258 g/mol. The molecule has 1 aromatic heterocycles. The number of aromatic nitrogens is 2. The van der Waals surface area contributed by atoms with Crippen molar-refractivity contribution in [2.45, 2.75) is 51.6 Å². The molecule has 1 aliphatic carbocycles. The summed E-state index contributed by atoms with van der Waals surface area (Å²) in [4.78, 5) is 0. The van der Waals surface area contributed by atoms with Crippen LogP contribution in [-0.2, 0) is 6.54 Å². The standard InChI is InChI=1S/C18H25N3/c1-2-15-5-3-4-6-17(15)19-13-14-7-9-16(10-8-14)18-11-12-20-21-18/h7-12,15,17,19H,2-6,13H2,1H3,(H,20,21). The van der Waals surface area contributed by atoms with E-state index in [1.807, 2.05) is 6.07 Å². The summed E-state index contributed by atoms with van der Waals surface area (Å²) in [5.41, 5.74) is 3.63. The summed E-state index contributed by atoms with van der Waals surface area (Å²) in [6.45, 7) is 3.30. The van der Waals surface area contributed by atoms with E-state index >= 15 is 0 Å². The van der Waals surface area contributed by atoms with Gasteiger partial charge in [-0.1, -0.05) is 50.5 Å². The monoisotopic (exact) mass is 283 g/mol. The second kappa shape index (κ2) is 6.90. The maximum Gasteiger partial charge on any atom is 0.0650 e. The highest BCUT2D eigenvalue weighted by Gasteiger charge is 2.22. The van der Waals surface area contributed by atoms with Gasteiger partial charge in [0, 0.05) is 18.8 Å². The highest BCUT2D eigenvalue weighted by atomic mass is 15.1. The first-order valence-electron chi connectivity index (χ1n) is 8.19. The minimum atomic E-state index is 0.705. The zero-order valence-electron chi connectivity index (χ0n) is 12.8. The molecule has 3 rings (SSSR count). The van der Waals surface area contributed by atoms with Gasteiger partial charge in [-0.15, -0.1) is 0 Å². The van der Waals surface area contributed by atoms with Gasteiger partial charge < -0.3 is 5.32 Å². The van der Waals surface area contributed by atoms with Crippen LogP contribution >= 0.6 is 0 Å². The average Bonchev–Trinajstić information content (AvgIpc) is 3.08. The van der Waals surface area contributed by atoms with Gasteiger partial charge in [-0.05, 0) is 36.0 Å². The SMILES string of the molecule is CCC1CCCCC1NCc1ccc(-c2ccn[nH]2)cc1. The Hall–Kier alpha value is -1.61. The molecule has 1 saturated carbocycles. The molecule has 1 aliphatic rings. The molecular formula is C18H25N3. The minimum Gasteiger partial charge on any atom is -0.310 e. The number of hydrogen-bond donors (Lipinski definition) is 2. The van der Waals surface area contributed by atoms with Gasteiger partial charge in [0.15, 0.2) is 0 Å². The molecule has 3 nitrogen and oxygen atoms in total. The summed E-state index contributed by atoms with van der Waals surface area (Å²) in [5, 5.41) is 10.8. The lowest BCUT2D eigenvalue weighted by atomic mass is 9.83. The van der Waals surface area contributed by atoms with Crippen molar-refractivity contribution in [1.29, 1.82) is 0 Å². The van der Waals surface area contributed by atoms with E-state index in [1.165, 1.54) is 43.2 Å². The van der Waals surface area contributed by atoms with Crippen LogP contribution in [0.1, 0.15) is 44.6 Å². The summed E-state index contributed by atoms with van der Waals surface area (Å²) in [7, 11) is 0. The van der Waals surface area contributed by atoms with Crippen LogP contribution in [0.15, 0.2) is 36.5 Å². The third-order valence-electron chi connectivity index (χ3n) is 4.77. The Balaban J connectivity index is 1.58. The molecule has 2 atom stereocenters. The van der Waals surface area contributed by atoms with E-state index in [9.17, 15) is 0 Å². The maximum absolute atomic E-state index is 4.00. The number of nitrogens with one attached hydrogen (secondary N) is 2. The zero-order chi connectivity index (χ0) is 14.5. The molecule has 2 unspecified atom stereocenters. The van der Waals surface area contributed by atoms with Crippen LogP contribution in [0.3, 0.4) is 0 Å². The molecule has 1 heterocycles. The lowest BCUT2D eigenvalue weighted by Gasteiger charge is -2.31. The number of rotatable bonds is 5. The van der Waals surface area contributed by atoms with Gasteiger partial charge >= 0.3 is 0 Å². The summed E-state index contributed by atoms with van der Waals surface area (Å²) >= 11 is 0. The Bertz CT molecular complexity index is 530. The lowest BCUT2D eigenvalue weighted by molar-refractivity contribution is 0.254. The largest absolute Gasteiger partial charge is 0.310 e. The zero-order valence-corrected chi connectivity index (χ0v) is 12.8. The third kappa shape index (κ3) is 3.53. The van der Waals surface area contributed by atoms with Crippen LogP contribution in [0.25, 0.3) is 11.3 Å². The molecule has 0 radical (unpaired) electrons. The van der Waals surface area contributed by atoms with E-state index in [2.05, 4.69) is 46.7 Å². The van der Waals surface area contributed by atoms with Gasteiger partial charge in [-0.25, -0.2) is 0 Å². The van der Waals surface area contributed by atoms with Crippen LogP contribution in [-0.4, -0.2) is 16.2 Å². The predicted molar refractivity (Wildman–Crippen MR) is 86.9 cm³/mol. The van der Waals surface area contributed by atoms with E-state index in [-0.39, 0.29) is 0 Å². The molecule has 2 N–H and O–H groups in total. The number of aromatic amines is 1. The van der Waals surface area contributed by atoms with Crippen molar-refractivity contribution in [3.63, 3.8) is 0 Å². The van der Waals surface area contributed by atoms with E-state index < -0.39 is 0 Å². The highest BCUT2D eigenvalue weighted by molar-refractivity contribution is 5.58. The van der Waals surface area contributed by atoms with E-state index in [0.717, 1.165) is 18.2 Å². The minimum absolute atomic E-state index is 0.705. The summed E-state index contributed by atoms with van der Waals surface area (Å²) in [6, 6.07) is 11.5. The first-order valence-corrected chi connectivity index (χ1v) is 8.19. The van der Waals surface area contributed by atoms with Crippen LogP contribution in [0.2, 0.25) is 0 Å². The fraction of sp³-hybridized carbons (Fsp3) is 0.500. The van der Waals surface area contributed by atoms with E-state index in [0.29, 0.717) is 6.04 Å². The van der Waals surface area contributed by atoms with Crippen LogP contribution in [0.5, 0.6) is 0 Å². The highest BCUT2D eigenvalue weighted by Crippen LogP contribution is 2.27. The van der Waals surface area contributed by atoms with Crippen molar-refractivity contribution >= 4 is 0 Å². The smallest absolute Gasteiger partial charge is 0.0650 e. The molecule has 21 heavy (non-hydrogen) atoms. The van der Waals surface area contributed by atoms with Crippen molar-refractivity contribution in [1.82, 2.24) is 15.5 Å². The average molecular weight is 283 g/mol. The van der Waals surface area contributed by atoms with Crippen molar-refractivity contribution in [3.05, 3.63) is 42.1 Å². The molecule has 0 aliphatic heterocycles. The molecule has 3 heteroatoms. The first-order chi connectivity index (χ1) is 10.4. The van der Waals surface area contributed by atoms with Gasteiger partial charge in [0.25, 0.3) is 0 Å². The van der Waals surface area contributed by atoms with Gasteiger partial charge in [0.05, 0.1) is 5.69 Å². The van der Waals surface area contributed by atoms with Crippen molar-refractivity contribution < 1.29 is 0 Å². The summed E-state index contributed by atoms with van der Waals surface area (Å²) in [5.74, 6) is 0.864. The molecule has 2 aromatic rings. The quantitative estimate of drug-likeness (QED) is 0.866. The van der Waals surface area contributed by atoms with Crippen molar-refractivity contribution in [2.75, 3.05) is 0 Å². The van der Waals surface area contributed by atoms with Gasteiger partial charge in [-0.3, -0.25) is 5.10 Å². The Morgan fingerprint density at radius 3 is 2.67 bits per heavy atom. The molecule has 112 valence electrons. The Kier molecular flexibility index (Phi) is 4.71. The van der Waals surface area contributed by atoms with Crippen LogP contribution < -0.4 is 5.32 Å². The van der Waals surface area contributed by atoms with Crippen LogP contribution in [0.4, 0.5) is 0 Å². The lowest BCUT2D eigenvalue weighted by Crippen LogP contribution is -2.37. The van der Waals surface area contributed by atoms with E-state index in [4.69, 9.17) is 0 Å². The number of nitrogens with zero attached hydrogens (tertiary/aromatic N) is 1. The first kappa shape index (κ1) is 14.3. The van der Waals surface area contributed by atoms with Gasteiger partial charge in [-0.2, -0.15) is 5.10 Å². The van der Waals surface area contributed by atoms with E-state index in [1.54, 1.807) is 6.20 Å². The Morgan fingerprint density at radius 2 is 1.95 bits per heavy atom. The number of H-pyrrole nitrogens is 1. The topological polar surface area (TPSA) is 40.7 Å². The van der Waals surface area contributed by atoms with Gasteiger partial charge in [0.1, 0.15) is 0 Å². The molecule has 1 aromatic carbocycles. The molecule has 0 amide bonds. The maximum atomic E-state index is 4.00. The summed E-state index contributed by atoms with van der Waals surface area (Å²) in [6.07, 6.45) is 8.62. The van der Waals surface area contributed by atoms with Gasteiger partial charge in [0.2, 0.25) is 0 Å². The molecule has 0 saturated heterocycles. The predicted octanol–water partition coefficient (Wildman–Crippen LogP) is 4.14. The number of benzene rings is 1. The fourth-order valence-corrected chi connectivity index (χ4v) is 3.43. The second-order valence-electron chi connectivity index (χ2n) is 6.11. The Morgan fingerprint density at radius 1 is 1.14 bits per heavy atom. The normalized spacial score (nSPS) is 22.3. The Labute approximate surface area is 127 Å². The molecule has 0 spiro atoms. The summed E-state index contributed by atoms with van der Waals surface area (Å²) < 4.78 is 0. The van der Waals surface area contributed by atoms with Crippen molar-refractivity contribution in [2.24, 2.45) is 5.92 Å². The van der Waals surface area contributed by atoms with Crippen molar-refractivity contribution in [3.8, 4) is 11.3 Å².